The van der Waals surface area contributed by atoms with Crippen LogP contribution >= 0.6 is 0 Å². The molecule has 0 bridgehead atoms. The lowest BCUT2D eigenvalue weighted by Gasteiger charge is -2.21. The predicted molar refractivity (Wildman–Crippen MR) is 68.6 cm³/mol. The minimum absolute atomic E-state index is 0.422. The molecular weight excluding hydrogens is 212 g/mol. The van der Waals surface area contributed by atoms with E-state index in [0.717, 1.165) is 5.56 Å². The summed E-state index contributed by atoms with van der Waals surface area (Å²) in [6.07, 6.45) is 9.44. The van der Waals surface area contributed by atoms with E-state index >= 15 is 0 Å². The van der Waals surface area contributed by atoms with Gasteiger partial charge >= 0.3 is 0 Å². The molecule has 2 N–H and O–H groups in total. The normalized spacial score (nSPS) is 15.1. The van der Waals surface area contributed by atoms with Crippen molar-refractivity contribution in [1.29, 1.82) is 0 Å². The fourth-order valence-electron chi connectivity index (χ4n) is 1.65. The highest BCUT2D eigenvalue weighted by atomic mass is 16.1. The molecular formula is C14H14N2O. The van der Waals surface area contributed by atoms with E-state index in [1.807, 2.05) is 59.7 Å². The molecule has 1 aliphatic rings. The third-order valence-corrected chi connectivity index (χ3v) is 2.48. The summed E-state index contributed by atoms with van der Waals surface area (Å²) in [5, 5.41) is 0. The summed E-state index contributed by atoms with van der Waals surface area (Å²) in [6.45, 7) is 0.665. The molecule has 0 unspecified atom stereocenters. The second kappa shape index (κ2) is 5.16. The van der Waals surface area contributed by atoms with Crippen LogP contribution in [0.4, 0.5) is 0 Å². The van der Waals surface area contributed by atoms with Crippen LogP contribution in [0.2, 0.25) is 0 Å². The zero-order chi connectivity index (χ0) is 12.1. The maximum atomic E-state index is 11.5. The van der Waals surface area contributed by atoms with Gasteiger partial charge in [0.25, 0.3) is 5.91 Å². The van der Waals surface area contributed by atoms with Crippen molar-refractivity contribution in [3.8, 4) is 0 Å². The van der Waals surface area contributed by atoms with E-state index in [4.69, 9.17) is 5.73 Å². The van der Waals surface area contributed by atoms with E-state index in [0.29, 0.717) is 12.2 Å². The van der Waals surface area contributed by atoms with Gasteiger partial charge in [0.15, 0.2) is 0 Å². The van der Waals surface area contributed by atoms with E-state index in [1.165, 1.54) is 0 Å². The summed E-state index contributed by atoms with van der Waals surface area (Å²) in [5.41, 5.74) is 6.87. The van der Waals surface area contributed by atoms with Gasteiger partial charge in [-0.15, -0.1) is 0 Å². The molecule has 1 aromatic carbocycles. The molecule has 0 atom stereocenters. The molecule has 0 saturated carbocycles. The number of amides is 1. The minimum atomic E-state index is -0.422. The Bertz CT molecular complexity index is 486. The van der Waals surface area contributed by atoms with Gasteiger partial charge in [-0.05, 0) is 17.7 Å². The van der Waals surface area contributed by atoms with Crippen molar-refractivity contribution in [2.75, 3.05) is 6.54 Å². The Morgan fingerprint density at radius 2 is 2.00 bits per heavy atom. The van der Waals surface area contributed by atoms with Crippen LogP contribution < -0.4 is 5.73 Å². The second-order valence-corrected chi connectivity index (χ2v) is 3.73. The van der Waals surface area contributed by atoms with Crippen molar-refractivity contribution in [3.05, 3.63) is 66.0 Å². The van der Waals surface area contributed by atoms with Gasteiger partial charge in [-0.25, -0.2) is 0 Å². The largest absolute Gasteiger partial charge is 0.364 e. The predicted octanol–water partition coefficient (Wildman–Crippen LogP) is 1.90. The molecule has 0 spiro atoms. The standard InChI is InChI=1S/C14H14N2O/c15-14(17)13(16-9-5-2-6-10-16)11-12-7-3-1-4-8-12/h1-9,11H,10H2,(H2,15,17). The van der Waals surface area contributed by atoms with Crippen LogP contribution in [-0.4, -0.2) is 17.4 Å². The van der Waals surface area contributed by atoms with Gasteiger partial charge in [-0.1, -0.05) is 42.5 Å². The van der Waals surface area contributed by atoms with Gasteiger partial charge in [-0.2, -0.15) is 0 Å². The van der Waals surface area contributed by atoms with Crippen LogP contribution in [-0.2, 0) is 4.79 Å². The molecule has 0 aliphatic carbocycles. The minimum Gasteiger partial charge on any atom is -0.364 e. The summed E-state index contributed by atoms with van der Waals surface area (Å²) in [6, 6.07) is 9.66. The number of benzene rings is 1. The number of primary amides is 1. The molecule has 0 saturated heterocycles. The first-order valence-electron chi connectivity index (χ1n) is 5.44. The summed E-state index contributed by atoms with van der Waals surface area (Å²) >= 11 is 0. The number of allylic oxidation sites excluding steroid dienone is 2. The molecule has 0 radical (unpaired) electrons. The fraction of sp³-hybridized carbons (Fsp3) is 0.0714. The SMILES string of the molecule is NC(=O)C(=Cc1ccccc1)N1C=CC=CC1. The summed E-state index contributed by atoms with van der Waals surface area (Å²) in [7, 11) is 0. The summed E-state index contributed by atoms with van der Waals surface area (Å²) in [4.78, 5) is 13.3. The molecule has 0 aromatic heterocycles. The smallest absolute Gasteiger partial charge is 0.265 e. The van der Waals surface area contributed by atoms with Crippen molar-refractivity contribution in [3.63, 3.8) is 0 Å². The van der Waals surface area contributed by atoms with E-state index < -0.39 is 5.91 Å². The molecule has 17 heavy (non-hydrogen) atoms. The van der Waals surface area contributed by atoms with Crippen molar-refractivity contribution in [1.82, 2.24) is 4.90 Å². The lowest BCUT2D eigenvalue weighted by atomic mass is 10.1. The van der Waals surface area contributed by atoms with Crippen molar-refractivity contribution < 1.29 is 4.79 Å². The Labute approximate surface area is 101 Å². The van der Waals surface area contributed by atoms with Crippen LogP contribution in [0.5, 0.6) is 0 Å². The average molecular weight is 226 g/mol. The van der Waals surface area contributed by atoms with Crippen LogP contribution in [0, 0.1) is 0 Å². The van der Waals surface area contributed by atoms with Crippen LogP contribution in [0.3, 0.4) is 0 Å². The summed E-state index contributed by atoms with van der Waals surface area (Å²) < 4.78 is 0. The van der Waals surface area contributed by atoms with Gasteiger partial charge in [0.1, 0.15) is 5.70 Å². The topological polar surface area (TPSA) is 46.3 Å². The first-order valence-corrected chi connectivity index (χ1v) is 5.44. The number of nitrogens with two attached hydrogens (primary N) is 1. The van der Waals surface area contributed by atoms with Crippen molar-refractivity contribution >= 4 is 12.0 Å². The molecule has 0 fully saturated rings. The Balaban J connectivity index is 2.29. The third-order valence-electron chi connectivity index (χ3n) is 2.48. The number of rotatable bonds is 3. The number of hydrogen-bond acceptors (Lipinski definition) is 2. The molecule has 1 amide bonds. The summed E-state index contributed by atoms with van der Waals surface area (Å²) in [5.74, 6) is -0.422. The molecule has 86 valence electrons. The Kier molecular flexibility index (Phi) is 3.40. The maximum Gasteiger partial charge on any atom is 0.265 e. The first-order chi connectivity index (χ1) is 8.27. The van der Waals surface area contributed by atoms with Gasteiger partial charge in [0.2, 0.25) is 0 Å². The highest BCUT2D eigenvalue weighted by Gasteiger charge is 2.12. The molecule has 1 heterocycles. The number of carbonyl (C=O) groups is 1. The van der Waals surface area contributed by atoms with Gasteiger partial charge < -0.3 is 10.6 Å². The Hall–Kier alpha value is -2.29. The van der Waals surface area contributed by atoms with Crippen LogP contribution in [0.15, 0.2) is 60.5 Å². The lowest BCUT2D eigenvalue weighted by molar-refractivity contribution is -0.115. The third kappa shape index (κ3) is 2.84. The van der Waals surface area contributed by atoms with E-state index in [-0.39, 0.29) is 0 Å². The second-order valence-electron chi connectivity index (χ2n) is 3.73. The fourth-order valence-corrected chi connectivity index (χ4v) is 1.65. The van der Waals surface area contributed by atoms with Crippen LogP contribution in [0.1, 0.15) is 5.56 Å². The molecule has 3 nitrogen and oxygen atoms in total. The first kappa shape index (κ1) is 11.2. The van der Waals surface area contributed by atoms with Gasteiger partial charge in [0.05, 0.1) is 0 Å². The Morgan fingerprint density at radius 3 is 2.59 bits per heavy atom. The zero-order valence-corrected chi connectivity index (χ0v) is 9.41. The number of nitrogens with zero attached hydrogens (tertiary/aromatic N) is 1. The number of hydrogen-bond donors (Lipinski definition) is 1. The Morgan fingerprint density at radius 1 is 1.24 bits per heavy atom. The number of carbonyl (C=O) groups excluding carboxylic acids is 1. The maximum absolute atomic E-state index is 11.5. The van der Waals surface area contributed by atoms with Crippen molar-refractivity contribution in [2.24, 2.45) is 5.73 Å². The zero-order valence-electron chi connectivity index (χ0n) is 9.41. The van der Waals surface area contributed by atoms with E-state index in [1.54, 1.807) is 6.08 Å². The highest BCUT2D eigenvalue weighted by Crippen LogP contribution is 2.13. The van der Waals surface area contributed by atoms with Crippen molar-refractivity contribution in [2.45, 2.75) is 0 Å². The quantitative estimate of drug-likeness (QED) is 0.800. The molecule has 1 aromatic rings. The average Bonchev–Trinajstić information content (AvgIpc) is 2.38. The molecule has 2 rings (SSSR count). The monoisotopic (exact) mass is 226 g/mol. The highest BCUT2D eigenvalue weighted by molar-refractivity contribution is 5.96. The molecule has 3 heteroatoms. The van der Waals surface area contributed by atoms with Gasteiger partial charge in [0, 0.05) is 12.7 Å². The van der Waals surface area contributed by atoms with Gasteiger partial charge in [-0.3, -0.25) is 4.79 Å². The lowest BCUT2D eigenvalue weighted by Crippen LogP contribution is -2.28. The van der Waals surface area contributed by atoms with E-state index in [2.05, 4.69) is 0 Å². The molecule has 1 aliphatic heterocycles. The van der Waals surface area contributed by atoms with E-state index in [9.17, 15) is 4.79 Å². The van der Waals surface area contributed by atoms with Crippen LogP contribution in [0.25, 0.3) is 6.08 Å².